The average Bonchev–Trinajstić information content (AvgIpc) is 2.73. The van der Waals surface area contributed by atoms with Crippen LogP contribution in [0.4, 0.5) is 0 Å². The van der Waals surface area contributed by atoms with Crippen LogP contribution in [0.1, 0.15) is 23.1 Å². The SMILES string of the molecule is Cl.NC1(CO)CCc2ccc(Sc3cccc(OCc4ccccc4)c3)cc2C1. The zero-order valence-corrected chi connectivity index (χ0v) is 17.8. The molecule has 0 saturated heterocycles. The first-order chi connectivity index (χ1) is 13.6. The van der Waals surface area contributed by atoms with E-state index in [1.54, 1.807) is 11.8 Å². The molecule has 0 radical (unpaired) electrons. The molecule has 4 rings (SSSR count). The number of nitrogens with two attached hydrogens (primary N) is 1. The molecule has 1 unspecified atom stereocenters. The number of halogens is 1. The molecule has 3 aromatic carbocycles. The van der Waals surface area contributed by atoms with Crippen molar-refractivity contribution in [1.29, 1.82) is 0 Å². The third-order valence-corrected chi connectivity index (χ3v) is 6.20. The molecule has 3 aromatic rings. The molecule has 0 spiro atoms. The summed E-state index contributed by atoms with van der Waals surface area (Å²) in [6, 6.07) is 25.0. The molecular weight excluding hydrogens is 402 g/mol. The first kappa shape index (κ1) is 21.7. The Bertz CT molecular complexity index is 951. The summed E-state index contributed by atoms with van der Waals surface area (Å²) < 4.78 is 5.95. The van der Waals surface area contributed by atoms with Crippen LogP contribution < -0.4 is 10.5 Å². The number of aryl methyl sites for hydroxylation is 1. The highest BCUT2D eigenvalue weighted by atomic mass is 35.5. The molecule has 3 nitrogen and oxygen atoms in total. The lowest BCUT2D eigenvalue weighted by atomic mass is 9.79. The predicted octanol–water partition coefficient (Wildman–Crippen LogP) is 5.02. The standard InChI is InChI=1S/C24H25NO2S.ClH/c25-24(17-26)12-11-19-9-10-23(13-20(19)15-24)28-22-8-4-7-21(14-22)27-16-18-5-2-1-3-6-18;/h1-10,13-14,26H,11-12,15-17,25H2;1H. The first-order valence-electron chi connectivity index (χ1n) is 9.60. The van der Waals surface area contributed by atoms with E-state index in [0.29, 0.717) is 6.61 Å². The van der Waals surface area contributed by atoms with Crippen LogP contribution in [0.3, 0.4) is 0 Å². The van der Waals surface area contributed by atoms with Gasteiger partial charge in [0, 0.05) is 15.3 Å². The van der Waals surface area contributed by atoms with E-state index >= 15 is 0 Å². The Morgan fingerprint density at radius 2 is 1.72 bits per heavy atom. The Morgan fingerprint density at radius 1 is 0.931 bits per heavy atom. The van der Waals surface area contributed by atoms with Crippen LogP contribution in [0.2, 0.25) is 0 Å². The zero-order valence-electron chi connectivity index (χ0n) is 16.2. The van der Waals surface area contributed by atoms with Gasteiger partial charge in [0.15, 0.2) is 0 Å². The van der Waals surface area contributed by atoms with Crippen LogP contribution in [0, 0.1) is 0 Å². The van der Waals surface area contributed by atoms with E-state index in [0.717, 1.165) is 35.5 Å². The minimum atomic E-state index is -0.485. The molecule has 3 N–H and O–H groups in total. The van der Waals surface area contributed by atoms with Crippen LogP contribution in [-0.2, 0) is 19.4 Å². The number of hydrogen-bond acceptors (Lipinski definition) is 4. The highest BCUT2D eigenvalue weighted by Gasteiger charge is 2.29. The van der Waals surface area contributed by atoms with Gasteiger partial charge in [-0.1, -0.05) is 54.2 Å². The highest BCUT2D eigenvalue weighted by Crippen LogP contribution is 2.34. The van der Waals surface area contributed by atoms with Crippen molar-refractivity contribution in [3.05, 3.63) is 89.5 Å². The van der Waals surface area contributed by atoms with Gasteiger partial charge in [0.2, 0.25) is 0 Å². The molecular formula is C24H26ClNO2S. The van der Waals surface area contributed by atoms with Crippen LogP contribution in [0.5, 0.6) is 5.75 Å². The molecule has 5 heteroatoms. The molecule has 0 aliphatic heterocycles. The quantitative estimate of drug-likeness (QED) is 0.580. The van der Waals surface area contributed by atoms with Gasteiger partial charge >= 0.3 is 0 Å². The maximum Gasteiger partial charge on any atom is 0.120 e. The predicted molar refractivity (Wildman–Crippen MR) is 121 cm³/mol. The minimum absolute atomic E-state index is 0. The van der Waals surface area contributed by atoms with Crippen molar-refractivity contribution in [3.8, 4) is 5.75 Å². The molecule has 0 amide bonds. The molecule has 0 aromatic heterocycles. The molecule has 1 atom stereocenters. The van der Waals surface area contributed by atoms with E-state index in [4.69, 9.17) is 10.5 Å². The number of aliphatic hydroxyl groups excluding tert-OH is 1. The topological polar surface area (TPSA) is 55.5 Å². The summed E-state index contributed by atoms with van der Waals surface area (Å²) in [7, 11) is 0. The lowest BCUT2D eigenvalue weighted by Crippen LogP contribution is -2.48. The fourth-order valence-electron chi connectivity index (χ4n) is 3.56. The molecule has 0 bridgehead atoms. The van der Waals surface area contributed by atoms with Gasteiger partial charge in [0.1, 0.15) is 12.4 Å². The number of benzene rings is 3. The van der Waals surface area contributed by atoms with E-state index in [1.807, 2.05) is 30.3 Å². The van der Waals surface area contributed by atoms with Gasteiger partial charge in [0.25, 0.3) is 0 Å². The van der Waals surface area contributed by atoms with Crippen LogP contribution in [0.25, 0.3) is 0 Å². The summed E-state index contributed by atoms with van der Waals surface area (Å²) in [5.41, 5.74) is 9.58. The summed E-state index contributed by atoms with van der Waals surface area (Å²) in [4.78, 5) is 2.32. The van der Waals surface area contributed by atoms with E-state index in [-0.39, 0.29) is 19.0 Å². The van der Waals surface area contributed by atoms with Crippen molar-refractivity contribution >= 4 is 24.2 Å². The van der Waals surface area contributed by atoms with Crippen molar-refractivity contribution < 1.29 is 9.84 Å². The molecule has 152 valence electrons. The van der Waals surface area contributed by atoms with Gasteiger partial charge in [-0.3, -0.25) is 0 Å². The van der Waals surface area contributed by atoms with Gasteiger partial charge in [-0.05, 0) is 66.3 Å². The molecule has 1 aliphatic rings. The minimum Gasteiger partial charge on any atom is -0.489 e. The van der Waals surface area contributed by atoms with Crippen molar-refractivity contribution in [2.75, 3.05) is 6.61 Å². The van der Waals surface area contributed by atoms with Crippen LogP contribution in [-0.4, -0.2) is 17.3 Å². The number of rotatable bonds is 6. The summed E-state index contributed by atoms with van der Waals surface area (Å²) >= 11 is 1.72. The van der Waals surface area contributed by atoms with Crippen molar-refractivity contribution in [1.82, 2.24) is 0 Å². The van der Waals surface area contributed by atoms with E-state index < -0.39 is 5.54 Å². The number of fused-ring (bicyclic) bond motifs is 1. The summed E-state index contributed by atoms with van der Waals surface area (Å²) in [5, 5.41) is 9.60. The maximum absolute atomic E-state index is 9.60. The smallest absolute Gasteiger partial charge is 0.120 e. The normalized spacial score (nSPS) is 17.9. The Kier molecular flexibility index (Phi) is 7.25. The van der Waals surface area contributed by atoms with Crippen molar-refractivity contribution in [3.63, 3.8) is 0 Å². The summed E-state index contributed by atoms with van der Waals surface area (Å²) in [6.45, 7) is 0.595. The lowest BCUT2D eigenvalue weighted by molar-refractivity contribution is 0.181. The second kappa shape index (κ2) is 9.68. The fourth-order valence-corrected chi connectivity index (χ4v) is 4.50. The Hall–Kier alpha value is -1.98. The van der Waals surface area contributed by atoms with Gasteiger partial charge in [-0.2, -0.15) is 0 Å². The number of hydrogen-bond donors (Lipinski definition) is 2. The monoisotopic (exact) mass is 427 g/mol. The third-order valence-electron chi connectivity index (χ3n) is 5.22. The van der Waals surface area contributed by atoms with E-state index in [2.05, 4.69) is 42.5 Å². The molecule has 0 saturated carbocycles. The van der Waals surface area contributed by atoms with Crippen LogP contribution in [0.15, 0.2) is 82.6 Å². The molecule has 0 heterocycles. The zero-order chi connectivity index (χ0) is 19.4. The van der Waals surface area contributed by atoms with Crippen LogP contribution >= 0.6 is 24.2 Å². The van der Waals surface area contributed by atoms with Gasteiger partial charge < -0.3 is 15.6 Å². The van der Waals surface area contributed by atoms with Crippen molar-refractivity contribution in [2.24, 2.45) is 5.73 Å². The summed E-state index contributed by atoms with van der Waals surface area (Å²) in [5.74, 6) is 0.869. The first-order valence-corrected chi connectivity index (χ1v) is 10.4. The number of aliphatic hydroxyl groups is 1. The van der Waals surface area contributed by atoms with Gasteiger partial charge in [-0.25, -0.2) is 0 Å². The van der Waals surface area contributed by atoms with Gasteiger partial charge in [0.05, 0.1) is 6.61 Å². The molecule has 29 heavy (non-hydrogen) atoms. The maximum atomic E-state index is 9.60. The number of ether oxygens (including phenoxy) is 1. The fraction of sp³-hybridized carbons (Fsp3) is 0.250. The Labute approximate surface area is 182 Å². The van der Waals surface area contributed by atoms with Gasteiger partial charge in [-0.15, -0.1) is 12.4 Å². The highest BCUT2D eigenvalue weighted by molar-refractivity contribution is 7.99. The summed E-state index contributed by atoms with van der Waals surface area (Å²) in [6.07, 6.45) is 2.50. The second-order valence-electron chi connectivity index (χ2n) is 7.48. The van der Waals surface area contributed by atoms with E-state index in [1.165, 1.54) is 16.0 Å². The molecule has 1 aliphatic carbocycles. The lowest BCUT2D eigenvalue weighted by Gasteiger charge is -2.33. The van der Waals surface area contributed by atoms with Crippen molar-refractivity contribution in [2.45, 2.75) is 41.2 Å². The largest absolute Gasteiger partial charge is 0.489 e. The third kappa shape index (κ3) is 5.55. The molecule has 0 fully saturated rings. The Morgan fingerprint density at radius 3 is 2.52 bits per heavy atom. The Balaban J connectivity index is 0.00000240. The average molecular weight is 428 g/mol. The second-order valence-corrected chi connectivity index (χ2v) is 8.63. The van der Waals surface area contributed by atoms with E-state index in [9.17, 15) is 5.11 Å².